The van der Waals surface area contributed by atoms with E-state index in [0.29, 0.717) is 13.0 Å². The highest BCUT2D eigenvalue weighted by molar-refractivity contribution is 6.32. The summed E-state index contributed by atoms with van der Waals surface area (Å²) in [4.78, 5) is 23.1. The fourth-order valence-corrected chi connectivity index (χ4v) is 1.92. The van der Waals surface area contributed by atoms with Gasteiger partial charge < -0.3 is 9.47 Å². The maximum Gasteiger partial charge on any atom is 0.311 e. The van der Waals surface area contributed by atoms with Gasteiger partial charge in [-0.15, -0.1) is 0 Å². The van der Waals surface area contributed by atoms with E-state index in [4.69, 9.17) is 21.1 Å². The smallest absolute Gasteiger partial charge is 0.311 e. The molecule has 126 valence electrons. The van der Waals surface area contributed by atoms with Crippen molar-refractivity contribution in [2.45, 2.75) is 39.0 Å². The number of benzene rings is 1. The lowest BCUT2D eigenvalue weighted by Gasteiger charge is -2.07. The number of rotatable bonds is 9. The van der Waals surface area contributed by atoms with Gasteiger partial charge in [-0.1, -0.05) is 36.7 Å². The SMILES string of the molecule is CC/C=C\CCOC(=O)CCCC(=O)Oc1c(F)cccc1Cl. The van der Waals surface area contributed by atoms with Crippen LogP contribution < -0.4 is 4.74 Å². The second-order valence-electron chi connectivity index (χ2n) is 4.77. The Labute approximate surface area is 140 Å². The zero-order valence-corrected chi connectivity index (χ0v) is 13.8. The molecule has 1 aromatic rings. The minimum absolute atomic E-state index is 0.0184. The van der Waals surface area contributed by atoms with Gasteiger partial charge in [-0.2, -0.15) is 0 Å². The molecule has 0 N–H and O–H groups in total. The Hall–Kier alpha value is -1.88. The predicted molar refractivity (Wildman–Crippen MR) is 85.9 cm³/mol. The molecule has 0 aromatic heterocycles. The van der Waals surface area contributed by atoms with Crippen molar-refractivity contribution in [1.82, 2.24) is 0 Å². The zero-order valence-electron chi connectivity index (χ0n) is 13.0. The molecule has 0 bridgehead atoms. The Morgan fingerprint density at radius 3 is 2.65 bits per heavy atom. The first-order chi connectivity index (χ1) is 11.0. The first-order valence-corrected chi connectivity index (χ1v) is 7.87. The first kappa shape index (κ1) is 19.2. The molecule has 1 aromatic carbocycles. The monoisotopic (exact) mass is 342 g/mol. The summed E-state index contributed by atoms with van der Waals surface area (Å²) < 4.78 is 23.3. The molecule has 0 radical (unpaired) electrons. The highest BCUT2D eigenvalue weighted by Gasteiger charge is 2.13. The van der Waals surface area contributed by atoms with Gasteiger partial charge >= 0.3 is 11.9 Å². The van der Waals surface area contributed by atoms with Gasteiger partial charge in [0.1, 0.15) is 0 Å². The molecule has 0 aliphatic heterocycles. The van der Waals surface area contributed by atoms with Crippen molar-refractivity contribution in [1.29, 1.82) is 0 Å². The third kappa shape index (κ3) is 7.79. The van der Waals surface area contributed by atoms with E-state index >= 15 is 0 Å². The van der Waals surface area contributed by atoms with Gasteiger partial charge in [0.15, 0.2) is 11.6 Å². The van der Waals surface area contributed by atoms with E-state index in [0.717, 1.165) is 12.5 Å². The zero-order chi connectivity index (χ0) is 17.1. The molecule has 4 nitrogen and oxygen atoms in total. The molecule has 6 heteroatoms. The Morgan fingerprint density at radius 1 is 1.22 bits per heavy atom. The third-order valence-corrected chi connectivity index (χ3v) is 3.14. The number of hydrogen-bond acceptors (Lipinski definition) is 4. The van der Waals surface area contributed by atoms with E-state index in [1.165, 1.54) is 12.1 Å². The van der Waals surface area contributed by atoms with Gasteiger partial charge in [-0.3, -0.25) is 9.59 Å². The maximum atomic E-state index is 13.4. The highest BCUT2D eigenvalue weighted by atomic mass is 35.5. The van der Waals surface area contributed by atoms with E-state index in [2.05, 4.69) is 0 Å². The molecular formula is C17H20ClFO4. The molecule has 23 heavy (non-hydrogen) atoms. The molecule has 0 amide bonds. The Morgan fingerprint density at radius 2 is 1.96 bits per heavy atom. The van der Waals surface area contributed by atoms with Gasteiger partial charge in [-0.05, 0) is 31.4 Å². The largest absolute Gasteiger partial charge is 0.465 e. The van der Waals surface area contributed by atoms with Crippen molar-refractivity contribution in [2.75, 3.05) is 6.61 Å². The minimum Gasteiger partial charge on any atom is -0.465 e. The van der Waals surface area contributed by atoms with Crippen molar-refractivity contribution in [3.8, 4) is 5.75 Å². The summed E-state index contributed by atoms with van der Waals surface area (Å²) in [5.41, 5.74) is 0. The van der Waals surface area contributed by atoms with Gasteiger partial charge in [0.25, 0.3) is 0 Å². The van der Waals surface area contributed by atoms with Crippen LogP contribution in [0.25, 0.3) is 0 Å². The maximum absolute atomic E-state index is 13.4. The molecular weight excluding hydrogens is 323 g/mol. The van der Waals surface area contributed by atoms with Gasteiger partial charge in [0.05, 0.1) is 11.6 Å². The number of ether oxygens (including phenoxy) is 2. The number of allylic oxidation sites excluding steroid dienone is 1. The van der Waals surface area contributed by atoms with Crippen LogP contribution in [0.15, 0.2) is 30.4 Å². The fraction of sp³-hybridized carbons (Fsp3) is 0.412. The number of hydrogen-bond donors (Lipinski definition) is 0. The lowest BCUT2D eigenvalue weighted by atomic mass is 10.2. The molecule has 0 spiro atoms. The number of halogens is 2. The summed E-state index contributed by atoms with van der Waals surface area (Å²) in [6.45, 7) is 2.35. The van der Waals surface area contributed by atoms with Crippen LogP contribution in [-0.4, -0.2) is 18.5 Å². The predicted octanol–water partition coefficient (Wildman–Crippen LogP) is 4.45. The molecule has 0 aliphatic carbocycles. The van der Waals surface area contributed by atoms with E-state index < -0.39 is 11.8 Å². The number of carbonyl (C=O) groups is 2. The second kappa shape index (κ2) is 10.8. The summed E-state index contributed by atoms with van der Waals surface area (Å²) in [7, 11) is 0. The molecule has 1 rings (SSSR count). The highest BCUT2D eigenvalue weighted by Crippen LogP contribution is 2.27. The second-order valence-corrected chi connectivity index (χ2v) is 5.17. The Bertz CT molecular complexity index is 537. The van der Waals surface area contributed by atoms with Crippen LogP contribution in [0.5, 0.6) is 5.75 Å². The van der Waals surface area contributed by atoms with Crippen LogP contribution in [0.1, 0.15) is 39.0 Å². The standard InChI is InChI=1S/C17H20ClFO4/c1-2-3-4-5-12-22-15(20)10-7-11-16(21)23-17-13(18)8-6-9-14(17)19/h3-4,6,8-9H,2,5,7,10-12H2,1H3/b4-3-. The van der Waals surface area contributed by atoms with E-state index in [1.807, 2.05) is 19.1 Å². The number of para-hydroxylation sites is 1. The van der Waals surface area contributed by atoms with Crippen molar-refractivity contribution in [2.24, 2.45) is 0 Å². The van der Waals surface area contributed by atoms with Crippen molar-refractivity contribution >= 4 is 23.5 Å². The van der Waals surface area contributed by atoms with Crippen LogP contribution in [0.3, 0.4) is 0 Å². The van der Waals surface area contributed by atoms with Gasteiger partial charge in [-0.25, -0.2) is 4.39 Å². The number of carbonyl (C=O) groups excluding carboxylic acids is 2. The van der Waals surface area contributed by atoms with Crippen LogP contribution in [0.4, 0.5) is 4.39 Å². The van der Waals surface area contributed by atoms with E-state index in [1.54, 1.807) is 0 Å². The van der Waals surface area contributed by atoms with Crippen LogP contribution in [0, 0.1) is 5.82 Å². The number of esters is 2. The third-order valence-electron chi connectivity index (χ3n) is 2.85. The molecule has 0 atom stereocenters. The van der Waals surface area contributed by atoms with E-state index in [9.17, 15) is 14.0 Å². The molecule has 0 saturated heterocycles. The molecule has 0 aliphatic rings. The minimum atomic E-state index is -0.703. The lowest BCUT2D eigenvalue weighted by molar-refractivity contribution is -0.143. The van der Waals surface area contributed by atoms with Crippen LogP contribution >= 0.6 is 11.6 Å². The Kier molecular flexibility index (Phi) is 8.98. The molecule has 0 heterocycles. The quantitative estimate of drug-likeness (QED) is 0.288. The topological polar surface area (TPSA) is 52.6 Å². The Balaban J connectivity index is 2.24. The van der Waals surface area contributed by atoms with Crippen LogP contribution in [0.2, 0.25) is 5.02 Å². The first-order valence-electron chi connectivity index (χ1n) is 7.50. The normalized spacial score (nSPS) is 10.7. The average Bonchev–Trinajstić information content (AvgIpc) is 2.51. The molecule has 0 saturated carbocycles. The molecule has 0 fully saturated rings. The van der Waals surface area contributed by atoms with Gasteiger partial charge in [0, 0.05) is 12.8 Å². The summed E-state index contributed by atoms with van der Waals surface area (Å²) in [5.74, 6) is -2.00. The van der Waals surface area contributed by atoms with Crippen molar-refractivity contribution in [3.63, 3.8) is 0 Å². The molecule has 0 unspecified atom stereocenters. The van der Waals surface area contributed by atoms with E-state index in [-0.39, 0.29) is 36.0 Å². The van der Waals surface area contributed by atoms with Crippen molar-refractivity contribution in [3.05, 3.63) is 41.2 Å². The summed E-state index contributed by atoms with van der Waals surface area (Å²) in [5, 5.41) is 0.0258. The fourth-order valence-electron chi connectivity index (χ4n) is 1.72. The summed E-state index contributed by atoms with van der Waals surface area (Å²) >= 11 is 5.75. The van der Waals surface area contributed by atoms with Gasteiger partial charge in [0.2, 0.25) is 0 Å². The average molecular weight is 343 g/mol. The van der Waals surface area contributed by atoms with Crippen LogP contribution in [-0.2, 0) is 14.3 Å². The summed E-state index contributed by atoms with van der Waals surface area (Å²) in [6.07, 6.45) is 5.93. The summed E-state index contributed by atoms with van der Waals surface area (Å²) in [6, 6.07) is 4.00. The lowest BCUT2D eigenvalue weighted by Crippen LogP contribution is -2.11. The van der Waals surface area contributed by atoms with Crippen molar-refractivity contribution < 1.29 is 23.5 Å².